The normalized spacial score (nSPS) is 20.4. The Morgan fingerprint density at radius 2 is 2.06 bits per heavy atom. The van der Waals surface area contributed by atoms with Crippen molar-refractivity contribution in [2.24, 2.45) is 0 Å². The van der Waals surface area contributed by atoms with Gasteiger partial charge in [0.15, 0.2) is 5.65 Å². The number of aliphatic hydroxyl groups is 1. The number of ether oxygens (including phenoxy) is 1. The van der Waals surface area contributed by atoms with Crippen molar-refractivity contribution < 1.29 is 14.6 Å². The zero-order chi connectivity index (χ0) is 24.7. The molecule has 0 radical (unpaired) electrons. The number of anilines is 1. The Kier molecular flexibility index (Phi) is 5.66. The van der Waals surface area contributed by atoms with E-state index in [0.717, 1.165) is 47.5 Å². The predicted molar refractivity (Wildman–Crippen MR) is 134 cm³/mol. The van der Waals surface area contributed by atoms with Crippen molar-refractivity contribution in [3.8, 4) is 0 Å². The van der Waals surface area contributed by atoms with E-state index in [0.29, 0.717) is 18.7 Å². The zero-order valence-corrected chi connectivity index (χ0v) is 20.1. The topological polar surface area (TPSA) is 105 Å². The summed E-state index contributed by atoms with van der Waals surface area (Å²) >= 11 is 0. The summed E-state index contributed by atoms with van der Waals surface area (Å²) in [5.74, 6) is -0.286. The second kappa shape index (κ2) is 9.00. The first-order valence-electron chi connectivity index (χ1n) is 12.2. The molecule has 2 aromatic carbocycles. The Balaban J connectivity index is 1.22. The van der Waals surface area contributed by atoms with Gasteiger partial charge >= 0.3 is 5.97 Å². The Hall–Kier alpha value is -3.82. The largest absolute Gasteiger partial charge is 0.457 e. The lowest BCUT2D eigenvalue weighted by molar-refractivity contribution is 0.0535. The van der Waals surface area contributed by atoms with E-state index >= 15 is 0 Å². The van der Waals surface area contributed by atoms with Crippen LogP contribution in [0.15, 0.2) is 61.3 Å². The lowest BCUT2D eigenvalue weighted by Gasteiger charge is -2.31. The average molecular weight is 485 g/mol. The molecule has 36 heavy (non-hydrogen) atoms. The maximum Gasteiger partial charge on any atom is 0.338 e. The van der Waals surface area contributed by atoms with Gasteiger partial charge in [0, 0.05) is 30.6 Å². The molecule has 0 saturated carbocycles. The summed E-state index contributed by atoms with van der Waals surface area (Å²) in [7, 11) is 0. The Bertz CT molecular complexity index is 1420. The van der Waals surface area contributed by atoms with Gasteiger partial charge in [-0.05, 0) is 42.6 Å². The van der Waals surface area contributed by atoms with Crippen LogP contribution < -0.4 is 5.32 Å². The summed E-state index contributed by atoms with van der Waals surface area (Å²) in [5, 5.41) is 23.0. The lowest BCUT2D eigenvalue weighted by Crippen LogP contribution is -2.38. The maximum atomic E-state index is 11.9. The van der Waals surface area contributed by atoms with E-state index in [2.05, 4.69) is 49.7 Å². The van der Waals surface area contributed by atoms with Crippen LogP contribution in [0.25, 0.3) is 5.65 Å². The predicted octanol–water partition coefficient (Wildman–Crippen LogP) is 2.89. The van der Waals surface area contributed by atoms with Crippen molar-refractivity contribution in [2.75, 3.05) is 31.5 Å². The molecule has 9 nitrogen and oxygen atoms in total. The van der Waals surface area contributed by atoms with E-state index in [-0.39, 0.29) is 18.0 Å². The van der Waals surface area contributed by atoms with Crippen LogP contribution in [0.1, 0.15) is 45.1 Å². The van der Waals surface area contributed by atoms with E-state index in [1.807, 2.05) is 19.1 Å². The number of hydrogen-bond acceptors (Lipinski definition) is 8. The summed E-state index contributed by atoms with van der Waals surface area (Å²) in [5.41, 5.74) is 6.00. The van der Waals surface area contributed by atoms with Crippen molar-refractivity contribution in [2.45, 2.75) is 31.5 Å². The number of carbonyl (C=O) groups is 1. The lowest BCUT2D eigenvalue weighted by atomic mass is 9.79. The molecular weight excluding hydrogens is 456 g/mol. The van der Waals surface area contributed by atoms with Gasteiger partial charge in [0.2, 0.25) is 0 Å². The van der Waals surface area contributed by atoms with Crippen LogP contribution in [-0.4, -0.2) is 61.7 Å². The first kappa shape index (κ1) is 22.6. The first-order chi connectivity index (χ1) is 17.5. The van der Waals surface area contributed by atoms with Gasteiger partial charge in [0.1, 0.15) is 19.3 Å². The molecule has 2 N–H and O–H groups in total. The molecule has 4 aromatic rings. The standard InChI is InChI=1S/C27H28N6O3/c1-18-20(7-8-21-22(18)13-36-26(21)35)24(34)12-32-10-9-27(15-32,19-5-3-2-4-6-19)14-29-23-11-28-16-33-17-30-31-25(23)33/h2-8,11,16-17,24,29,34H,9-10,12-15H2,1H3/t24-,27?/m0/s1. The van der Waals surface area contributed by atoms with Gasteiger partial charge < -0.3 is 15.2 Å². The number of hydrogen-bond donors (Lipinski definition) is 2. The number of cyclic esters (lactones) is 1. The van der Waals surface area contributed by atoms with E-state index in [4.69, 9.17) is 4.74 Å². The van der Waals surface area contributed by atoms with Gasteiger partial charge in [-0.15, -0.1) is 10.2 Å². The minimum atomic E-state index is -0.653. The second-order valence-corrected chi connectivity index (χ2v) is 9.75. The molecule has 0 aliphatic carbocycles. The third kappa shape index (κ3) is 3.90. The molecule has 0 spiro atoms. The van der Waals surface area contributed by atoms with Crippen molar-refractivity contribution >= 4 is 17.3 Å². The second-order valence-electron chi connectivity index (χ2n) is 9.75. The van der Waals surface area contributed by atoms with Gasteiger partial charge in [-0.3, -0.25) is 9.30 Å². The van der Waals surface area contributed by atoms with E-state index in [9.17, 15) is 9.90 Å². The Morgan fingerprint density at radius 3 is 2.92 bits per heavy atom. The smallest absolute Gasteiger partial charge is 0.338 e. The van der Waals surface area contributed by atoms with Crippen LogP contribution >= 0.6 is 0 Å². The van der Waals surface area contributed by atoms with E-state index in [1.165, 1.54) is 5.56 Å². The number of β-amino-alcohol motifs (C(OH)–C–C–N with tert-alkyl or cyclic N) is 1. The van der Waals surface area contributed by atoms with Gasteiger partial charge in [-0.2, -0.15) is 0 Å². The zero-order valence-electron chi connectivity index (χ0n) is 20.1. The van der Waals surface area contributed by atoms with Crippen LogP contribution in [0.3, 0.4) is 0 Å². The SMILES string of the molecule is Cc1c([C@@H](O)CN2CCC(CNc3cncn4cnnc34)(c3ccccc3)C2)ccc2c1COC2=O. The molecule has 6 rings (SSSR count). The molecular formula is C27H28N6O3. The number of fused-ring (bicyclic) bond motifs is 2. The summed E-state index contributed by atoms with van der Waals surface area (Å²) < 4.78 is 6.98. The van der Waals surface area contributed by atoms with Crippen molar-refractivity contribution in [1.29, 1.82) is 0 Å². The van der Waals surface area contributed by atoms with Crippen molar-refractivity contribution in [3.05, 3.63) is 89.1 Å². The molecule has 0 bridgehead atoms. The average Bonchev–Trinajstić information content (AvgIpc) is 3.63. The number of aromatic nitrogens is 4. The minimum Gasteiger partial charge on any atom is -0.457 e. The van der Waals surface area contributed by atoms with Crippen LogP contribution in [0.4, 0.5) is 5.69 Å². The number of benzene rings is 2. The Labute approximate surface area is 208 Å². The number of esters is 1. The fraction of sp³-hybridized carbons (Fsp3) is 0.333. The molecule has 9 heteroatoms. The molecule has 2 aromatic heterocycles. The number of rotatable bonds is 7. The minimum absolute atomic E-state index is 0.138. The summed E-state index contributed by atoms with van der Waals surface area (Å²) in [6.45, 7) is 5.13. The molecule has 1 saturated heterocycles. The quantitative estimate of drug-likeness (QED) is 0.386. The Morgan fingerprint density at radius 1 is 1.19 bits per heavy atom. The molecule has 1 fully saturated rings. The van der Waals surface area contributed by atoms with E-state index < -0.39 is 6.10 Å². The number of nitrogens with zero attached hydrogens (tertiary/aromatic N) is 5. The number of likely N-dealkylation sites (tertiary alicyclic amines) is 1. The fourth-order valence-corrected chi connectivity index (χ4v) is 5.61. The fourth-order valence-electron chi connectivity index (χ4n) is 5.61. The van der Waals surface area contributed by atoms with Gasteiger partial charge in [-0.25, -0.2) is 9.78 Å². The molecule has 2 aliphatic heterocycles. The number of aliphatic hydroxyl groups excluding tert-OH is 1. The number of carbonyl (C=O) groups excluding carboxylic acids is 1. The number of nitrogens with one attached hydrogen (secondary N) is 1. The highest BCUT2D eigenvalue weighted by atomic mass is 16.5. The molecule has 184 valence electrons. The van der Waals surface area contributed by atoms with Gasteiger partial charge in [-0.1, -0.05) is 36.4 Å². The molecule has 1 unspecified atom stereocenters. The van der Waals surface area contributed by atoms with Crippen LogP contribution in [0.5, 0.6) is 0 Å². The highest BCUT2D eigenvalue weighted by molar-refractivity contribution is 5.94. The van der Waals surface area contributed by atoms with Crippen LogP contribution in [0.2, 0.25) is 0 Å². The third-order valence-corrected chi connectivity index (χ3v) is 7.64. The molecule has 0 amide bonds. The maximum absolute atomic E-state index is 11.9. The van der Waals surface area contributed by atoms with Gasteiger partial charge in [0.05, 0.1) is 23.6 Å². The highest BCUT2D eigenvalue weighted by Gasteiger charge is 2.40. The van der Waals surface area contributed by atoms with Crippen LogP contribution in [-0.2, 0) is 16.8 Å². The summed E-state index contributed by atoms with van der Waals surface area (Å²) in [6.07, 6.45) is 5.41. The van der Waals surface area contributed by atoms with Crippen LogP contribution in [0, 0.1) is 6.92 Å². The third-order valence-electron chi connectivity index (χ3n) is 7.64. The first-order valence-corrected chi connectivity index (χ1v) is 12.2. The van der Waals surface area contributed by atoms with E-state index in [1.54, 1.807) is 29.3 Å². The molecule has 2 aliphatic rings. The summed E-state index contributed by atoms with van der Waals surface area (Å²) in [4.78, 5) is 18.5. The van der Waals surface area contributed by atoms with Crippen molar-refractivity contribution in [3.63, 3.8) is 0 Å². The molecule has 4 heterocycles. The highest BCUT2D eigenvalue weighted by Crippen LogP contribution is 2.37. The van der Waals surface area contributed by atoms with Crippen molar-refractivity contribution in [1.82, 2.24) is 24.5 Å². The van der Waals surface area contributed by atoms with Gasteiger partial charge in [0.25, 0.3) is 0 Å². The summed E-state index contributed by atoms with van der Waals surface area (Å²) in [6, 6.07) is 14.2. The monoisotopic (exact) mass is 484 g/mol. The molecule has 2 atom stereocenters.